The maximum absolute atomic E-state index is 13.0. The van der Waals surface area contributed by atoms with Crippen LogP contribution in [0.4, 0.5) is 5.69 Å². The number of fused-ring (bicyclic) bond motifs is 2. The second kappa shape index (κ2) is 11.0. The van der Waals surface area contributed by atoms with Gasteiger partial charge in [0.2, 0.25) is 0 Å². The van der Waals surface area contributed by atoms with Crippen molar-refractivity contribution in [1.82, 2.24) is 24.7 Å². The lowest BCUT2D eigenvalue weighted by Crippen LogP contribution is -2.28. The molecule has 2 aromatic heterocycles. The smallest absolute Gasteiger partial charge is 0.359 e. The Hall–Kier alpha value is -3.00. The highest BCUT2D eigenvalue weighted by molar-refractivity contribution is 5.90. The molecule has 4 rings (SSSR count). The second-order valence-electron chi connectivity index (χ2n) is 8.78. The molecule has 0 amide bonds. The fourth-order valence-corrected chi connectivity index (χ4v) is 4.53. The minimum atomic E-state index is -0.408. The van der Waals surface area contributed by atoms with Crippen LogP contribution < -0.4 is 10.1 Å². The van der Waals surface area contributed by atoms with Crippen molar-refractivity contribution in [2.75, 3.05) is 37.7 Å². The molecule has 1 aromatic carbocycles. The van der Waals surface area contributed by atoms with Crippen LogP contribution in [0.15, 0.2) is 18.2 Å². The molecule has 34 heavy (non-hydrogen) atoms. The highest BCUT2D eigenvalue weighted by Crippen LogP contribution is 2.28. The van der Waals surface area contributed by atoms with E-state index >= 15 is 0 Å². The number of rotatable bonds is 10. The van der Waals surface area contributed by atoms with Gasteiger partial charge in [0.25, 0.3) is 0 Å². The zero-order valence-electron chi connectivity index (χ0n) is 20.9. The number of hydrogen-bond acceptors (Lipinski definition) is 7. The van der Waals surface area contributed by atoms with E-state index in [0.29, 0.717) is 29.7 Å². The zero-order valence-corrected chi connectivity index (χ0v) is 20.9. The molecule has 1 aliphatic rings. The molecule has 0 saturated carbocycles. The molecule has 8 nitrogen and oxygen atoms in total. The van der Waals surface area contributed by atoms with Gasteiger partial charge in [-0.25, -0.2) is 4.79 Å². The fraction of sp³-hybridized carbons (Fsp3) is 0.538. The molecule has 3 heterocycles. The molecule has 0 radical (unpaired) electrons. The van der Waals surface area contributed by atoms with Gasteiger partial charge in [0.05, 0.1) is 18.4 Å². The van der Waals surface area contributed by atoms with Crippen molar-refractivity contribution >= 4 is 23.4 Å². The van der Waals surface area contributed by atoms with E-state index in [1.54, 1.807) is 4.52 Å². The summed E-state index contributed by atoms with van der Waals surface area (Å²) in [5.41, 5.74) is 4.57. The van der Waals surface area contributed by atoms with E-state index in [4.69, 9.17) is 4.74 Å². The highest BCUT2D eigenvalue weighted by Gasteiger charge is 2.22. The third kappa shape index (κ3) is 4.92. The van der Waals surface area contributed by atoms with Crippen LogP contribution >= 0.6 is 0 Å². The lowest BCUT2D eigenvalue weighted by Gasteiger charge is -2.30. The molecule has 0 bridgehead atoms. The summed E-state index contributed by atoms with van der Waals surface area (Å²) < 4.78 is 7.23. The summed E-state index contributed by atoms with van der Waals surface area (Å²) in [6, 6.07) is 6.52. The normalized spacial score (nSPS) is 14.3. The molecule has 182 valence electrons. The van der Waals surface area contributed by atoms with Gasteiger partial charge < -0.3 is 9.64 Å². The zero-order chi connectivity index (χ0) is 24.1. The van der Waals surface area contributed by atoms with Crippen molar-refractivity contribution in [2.45, 2.75) is 59.9 Å². The van der Waals surface area contributed by atoms with Gasteiger partial charge in [-0.3, -0.25) is 4.90 Å². The number of hydrogen-bond donors (Lipinski definition) is 0. The Labute approximate surface area is 201 Å². The number of aryl methyl sites for hydroxylation is 1. The Morgan fingerprint density at radius 1 is 1.18 bits per heavy atom. The summed E-state index contributed by atoms with van der Waals surface area (Å²) >= 11 is 0. The summed E-state index contributed by atoms with van der Waals surface area (Å²) in [6.07, 6.45) is 6.01. The van der Waals surface area contributed by atoms with Crippen LogP contribution in [0.25, 0.3) is 11.7 Å². The van der Waals surface area contributed by atoms with Crippen molar-refractivity contribution in [3.8, 4) is 0 Å². The molecule has 0 saturated heterocycles. The van der Waals surface area contributed by atoms with Crippen molar-refractivity contribution in [2.24, 2.45) is 0 Å². The van der Waals surface area contributed by atoms with Crippen molar-refractivity contribution in [1.29, 1.82) is 0 Å². The Morgan fingerprint density at radius 3 is 2.74 bits per heavy atom. The van der Waals surface area contributed by atoms with E-state index in [1.165, 1.54) is 11.3 Å². The number of esters is 1. The van der Waals surface area contributed by atoms with Crippen LogP contribution in [0.3, 0.4) is 0 Å². The van der Waals surface area contributed by atoms with Crippen molar-refractivity contribution in [3.63, 3.8) is 0 Å². The first-order chi connectivity index (χ1) is 16.6. The monoisotopic (exact) mass is 464 g/mol. The van der Waals surface area contributed by atoms with Crippen LogP contribution in [0.2, 0.25) is 0 Å². The van der Waals surface area contributed by atoms with E-state index < -0.39 is 5.97 Å². The van der Waals surface area contributed by atoms with E-state index in [0.717, 1.165) is 63.3 Å². The number of carbonyl (C=O) groups is 1. The predicted molar refractivity (Wildman–Crippen MR) is 134 cm³/mol. The molecule has 8 heteroatoms. The Morgan fingerprint density at radius 2 is 2.00 bits per heavy atom. The number of ether oxygens (including phenoxy) is 1. The number of unbranched alkanes of at least 4 members (excludes halogenated alkanes) is 1. The quantitative estimate of drug-likeness (QED) is 0.337. The third-order valence-electron chi connectivity index (χ3n) is 6.60. The van der Waals surface area contributed by atoms with Gasteiger partial charge in [0.1, 0.15) is 0 Å². The SMILES string of the molecule is CCCCOC(=O)c1nn2c(CN(CC)CC)nnc2c1=Cc1ccc2c(c1)CCCN2CC. The Balaban J connectivity index is 1.78. The average molecular weight is 465 g/mol. The number of anilines is 1. The number of aromatic nitrogens is 4. The maximum Gasteiger partial charge on any atom is 0.359 e. The van der Waals surface area contributed by atoms with E-state index in [2.05, 4.69) is 71.0 Å². The fourth-order valence-electron chi connectivity index (χ4n) is 4.53. The van der Waals surface area contributed by atoms with Gasteiger partial charge in [0, 0.05) is 18.8 Å². The molecular weight excluding hydrogens is 428 g/mol. The van der Waals surface area contributed by atoms with Crippen LogP contribution in [0, 0.1) is 0 Å². The van der Waals surface area contributed by atoms with Gasteiger partial charge in [-0.15, -0.1) is 10.2 Å². The summed E-state index contributed by atoms with van der Waals surface area (Å²) in [5, 5.41) is 14.1. The summed E-state index contributed by atoms with van der Waals surface area (Å²) in [4.78, 5) is 17.6. The van der Waals surface area contributed by atoms with Crippen molar-refractivity contribution in [3.05, 3.63) is 46.1 Å². The number of nitrogens with zero attached hydrogens (tertiary/aromatic N) is 6. The summed E-state index contributed by atoms with van der Waals surface area (Å²) in [5.74, 6) is 0.319. The van der Waals surface area contributed by atoms with Gasteiger partial charge in [-0.1, -0.05) is 33.3 Å². The lowest BCUT2D eigenvalue weighted by atomic mass is 9.99. The van der Waals surface area contributed by atoms with Crippen LogP contribution in [-0.2, 0) is 17.7 Å². The van der Waals surface area contributed by atoms with Crippen LogP contribution in [0.1, 0.15) is 74.4 Å². The van der Waals surface area contributed by atoms with Crippen molar-refractivity contribution < 1.29 is 9.53 Å². The predicted octanol–water partition coefficient (Wildman–Crippen LogP) is 3.24. The Kier molecular flexibility index (Phi) is 7.77. The van der Waals surface area contributed by atoms with E-state index in [-0.39, 0.29) is 0 Å². The minimum Gasteiger partial charge on any atom is -0.461 e. The Bertz CT molecular complexity index is 1180. The topological polar surface area (TPSA) is 75.9 Å². The number of benzene rings is 1. The van der Waals surface area contributed by atoms with Crippen LogP contribution in [-0.4, -0.2) is 63.5 Å². The largest absolute Gasteiger partial charge is 0.461 e. The molecule has 0 spiro atoms. The highest BCUT2D eigenvalue weighted by atomic mass is 16.5. The van der Waals surface area contributed by atoms with Crippen LogP contribution in [0.5, 0.6) is 0 Å². The first-order valence-electron chi connectivity index (χ1n) is 12.6. The van der Waals surface area contributed by atoms with Gasteiger partial charge >= 0.3 is 5.97 Å². The molecule has 1 aliphatic heterocycles. The molecular formula is C26H36N6O2. The minimum absolute atomic E-state index is 0.301. The molecule has 0 aliphatic carbocycles. The molecule has 0 fully saturated rings. The first-order valence-corrected chi connectivity index (χ1v) is 12.6. The van der Waals surface area contributed by atoms with Gasteiger partial charge in [-0.2, -0.15) is 9.61 Å². The average Bonchev–Trinajstić information content (AvgIpc) is 3.42. The molecule has 0 atom stereocenters. The lowest BCUT2D eigenvalue weighted by molar-refractivity contribution is 0.0491. The number of carbonyl (C=O) groups excluding carboxylic acids is 1. The maximum atomic E-state index is 13.0. The second-order valence-corrected chi connectivity index (χ2v) is 8.78. The van der Waals surface area contributed by atoms with Gasteiger partial charge in [0.15, 0.2) is 17.2 Å². The first kappa shape index (κ1) is 24.1. The summed E-state index contributed by atoms with van der Waals surface area (Å²) in [6.45, 7) is 13.4. The standard InChI is InChI=1S/C26H36N6O2/c1-5-9-15-34-26(33)24-21(25-28-27-23(32(25)29-24)18-30(6-2)7-3)17-19-12-13-22-20(16-19)11-10-14-31(22)8-4/h12-13,16-17H,5-11,14-15,18H2,1-4H3. The molecule has 3 aromatic rings. The van der Waals surface area contributed by atoms with E-state index in [9.17, 15) is 4.79 Å². The molecule has 0 N–H and O–H groups in total. The van der Waals surface area contributed by atoms with Gasteiger partial charge in [-0.05, 0) is 68.6 Å². The molecule has 0 unspecified atom stereocenters. The third-order valence-corrected chi connectivity index (χ3v) is 6.60. The van der Waals surface area contributed by atoms with E-state index in [1.807, 2.05) is 6.08 Å². The summed E-state index contributed by atoms with van der Waals surface area (Å²) in [7, 11) is 0.